The monoisotopic (exact) mass is 313 g/mol. The first-order valence-corrected chi connectivity index (χ1v) is 7.71. The van der Waals surface area contributed by atoms with Gasteiger partial charge in [0, 0.05) is 18.5 Å². The molecule has 0 unspecified atom stereocenters. The van der Waals surface area contributed by atoms with Gasteiger partial charge in [-0.15, -0.1) is 0 Å². The van der Waals surface area contributed by atoms with Crippen molar-refractivity contribution in [3.05, 3.63) is 29.8 Å². The fourth-order valence-electron chi connectivity index (χ4n) is 2.07. The van der Waals surface area contributed by atoms with Crippen LogP contribution in [-0.2, 0) is 14.9 Å². The number of hydrogen-bond acceptors (Lipinski definition) is 6. The van der Waals surface area contributed by atoms with Crippen molar-refractivity contribution in [1.82, 2.24) is 4.72 Å². The van der Waals surface area contributed by atoms with Crippen molar-refractivity contribution in [2.45, 2.75) is 13.3 Å². The Morgan fingerprint density at radius 2 is 2.19 bits per heavy atom. The molecule has 1 aliphatic rings. The van der Waals surface area contributed by atoms with E-state index < -0.39 is 16.3 Å². The number of para-hydroxylation sites is 1. The smallest absolute Gasteiger partial charge is 0.422 e. The maximum absolute atomic E-state index is 12.2. The molecule has 1 aliphatic heterocycles. The van der Waals surface area contributed by atoms with Gasteiger partial charge in [-0.1, -0.05) is 23.4 Å². The Bertz CT molecular complexity index is 671. The van der Waals surface area contributed by atoms with Gasteiger partial charge in [0.15, 0.2) is 0 Å². The van der Waals surface area contributed by atoms with E-state index in [-0.39, 0.29) is 19.6 Å². The van der Waals surface area contributed by atoms with Crippen LogP contribution in [-0.4, -0.2) is 38.6 Å². The number of nitrogens with one attached hydrogen (secondary N) is 1. The van der Waals surface area contributed by atoms with Crippen LogP contribution in [0.25, 0.3) is 0 Å². The average Bonchev–Trinajstić information content (AvgIpc) is 2.45. The van der Waals surface area contributed by atoms with Crippen LogP contribution in [0.5, 0.6) is 0 Å². The highest BCUT2D eigenvalue weighted by atomic mass is 32.2. The summed E-state index contributed by atoms with van der Waals surface area (Å²) < 4.78 is 31.9. The predicted octanol–water partition coefficient (Wildman–Crippen LogP) is 1.07. The highest BCUT2D eigenvalue weighted by molar-refractivity contribution is 7.91. The Morgan fingerprint density at radius 3 is 2.86 bits per heavy atom. The van der Waals surface area contributed by atoms with Gasteiger partial charge in [-0.3, -0.25) is 4.31 Å². The number of rotatable bonds is 3. The highest BCUT2D eigenvalue weighted by Crippen LogP contribution is 2.28. The lowest BCUT2D eigenvalue weighted by atomic mass is 10.0. The van der Waals surface area contributed by atoms with Crippen LogP contribution < -0.4 is 9.03 Å². The first-order chi connectivity index (χ1) is 9.99. The molecule has 0 saturated heterocycles. The van der Waals surface area contributed by atoms with Gasteiger partial charge in [0.25, 0.3) is 0 Å². The molecule has 114 valence electrons. The lowest BCUT2D eigenvalue weighted by Gasteiger charge is -2.30. The van der Waals surface area contributed by atoms with Crippen LogP contribution in [0.2, 0.25) is 0 Å². The number of nitrogens with zero attached hydrogens (tertiary/aromatic N) is 2. The number of amides is 1. The van der Waals surface area contributed by atoms with Crippen LogP contribution >= 0.6 is 0 Å². The van der Waals surface area contributed by atoms with Crippen molar-refractivity contribution < 1.29 is 23.2 Å². The Labute approximate surface area is 122 Å². The summed E-state index contributed by atoms with van der Waals surface area (Å²) in [6.07, 6.45) is -0.798. The molecule has 21 heavy (non-hydrogen) atoms. The summed E-state index contributed by atoms with van der Waals surface area (Å²) >= 11 is 0. The van der Waals surface area contributed by atoms with Gasteiger partial charge in [0.05, 0.1) is 18.0 Å². The molecular formula is C12H15N3O5S. The summed E-state index contributed by atoms with van der Waals surface area (Å²) in [4.78, 5) is 11.3. The number of carbonyl (C=O) groups is 1. The summed E-state index contributed by atoms with van der Waals surface area (Å²) in [5, 5.41) is 12.2. The summed E-state index contributed by atoms with van der Waals surface area (Å²) in [7, 11) is -4.08. The van der Waals surface area contributed by atoms with Crippen LogP contribution in [0.4, 0.5) is 10.5 Å². The number of ether oxygens (including phenoxy) is 1. The molecule has 0 bridgehead atoms. The minimum Gasteiger partial charge on any atom is -0.449 e. The summed E-state index contributed by atoms with van der Waals surface area (Å²) in [6.45, 7) is 1.71. The maximum Gasteiger partial charge on any atom is 0.422 e. The zero-order valence-electron chi connectivity index (χ0n) is 11.3. The Balaban J connectivity index is 2.35. The molecule has 0 aliphatic carbocycles. The summed E-state index contributed by atoms with van der Waals surface area (Å²) in [6, 6.07) is 6.59. The minimum absolute atomic E-state index is 0.0607. The maximum atomic E-state index is 12.2. The van der Waals surface area contributed by atoms with Gasteiger partial charge in [-0.2, -0.15) is 8.42 Å². The summed E-state index contributed by atoms with van der Waals surface area (Å²) in [5.41, 5.74) is 1.24. The Morgan fingerprint density at radius 1 is 1.48 bits per heavy atom. The second kappa shape index (κ2) is 6.00. The van der Waals surface area contributed by atoms with E-state index in [4.69, 9.17) is 5.21 Å². The molecule has 2 N–H and O–H groups in total. The normalized spacial score (nSPS) is 16.4. The molecular weight excluding hydrogens is 298 g/mol. The molecule has 0 radical (unpaired) electrons. The SMILES string of the molecule is CCOC(=O)NS(=O)(=O)N1CC/C(=N/O)c2ccccc21. The first-order valence-electron chi connectivity index (χ1n) is 6.27. The second-order valence-corrected chi connectivity index (χ2v) is 5.81. The lowest BCUT2D eigenvalue weighted by Crippen LogP contribution is -2.46. The van der Waals surface area contributed by atoms with Crippen molar-refractivity contribution in [1.29, 1.82) is 0 Å². The van der Waals surface area contributed by atoms with Gasteiger partial charge < -0.3 is 9.94 Å². The molecule has 1 aromatic rings. The van der Waals surface area contributed by atoms with Gasteiger partial charge in [0.1, 0.15) is 0 Å². The van der Waals surface area contributed by atoms with E-state index >= 15 is 0 Å². The largest absolute Gasteiger partial charge is 0.449 e. The molecule has 0 saturated carbocycles. The van der Waals surface area contributed by atoms with E-state index in [1.165, 1.54) is 0 Å². The molecule has 0 fully saturated rings. The number of carbonyl (C=O) groups excluding carboxylic acids is 1. The molecule has 0 aromatic heterocycles. The van der Waals surface area contributed by atoms with Crippen LogP contribution in [0.1, 0.15) is 18.9 Å². The molecule has 1 heterocycles. The fraction of sp³-hybridized carbons (Fsp3) is 0.333. The van der Waals surface area contributed by atoms with E-state index in [1.54, 1.807) is 31.2 Å². The van der Waals surface area contributed by atoms with E-state index in [2.05, 4.69) is 9.89 Å². The lowest BCUT2D eigenvalue weighted by molar-refractivity contribution is 0.158. The number of hydrogen-bond donors (Lipinski definition) is 2. The van der Waals surface area contributed by atoms with Crippen LogP contribution in [0, 0.1) is 0 Å². The number of benzene rings is 1. The van der Waals surface area contributed by atoms with Crippen molar-refractivity contribution in [3.8, 4) is 0 Å². The van der Waals surface area contributed by atoms with Gasteiger partial charge in [-0.25, -0.2) is 9.52 Å². The van der Waals surface area contributed by atoms with Crippen molar-refractivity contribution in [2.75, 3.05) is 17.5 Å². The van der Waals surface area contributed by atoms with E-state index in [0.29, 0.717) is 17.0 Å². The molecule has 9 heteroatoms. The topological polar surface area (TPSA) is 108 Å². The third kappa shape index (κ3) is 3.07. The van der Waals surface area contributed by atoms with Crippen LogP contribution in [0.15, 0.2) is 29.4 Å². The standard InChI is InChI=1S/C12H15N3O5S/c1-2-20-12(16)14-21(18,19)15-8-7-10(13-17)9-5-3-4-6-11(9)15/h3-6,17H,2,7-8H2,1H3,(H,14,16)/b13-10-. The number of oxime groups is 1. The first kappa shape index (κ1) is 15.1. The predicted molar refractivity (Wildman–Crippen MR) is 75.8 cm³/mol. The van der Waals surface area contributed by atoms with E-state index in [1.807, 2.05) is 4.72 Å². The average molecular weight is 313 g/mol. The summed E-state index contributed by atoms with van der Waals surface area (Å²) in [5.74, 6) is 0. The quantitative estimate of drug-likeness (QED) is 0.641. The van der Waals surface area contributed by atoms with Crippen molar-refractivity contribution >= 4 is 27.7 Å². The van der Waals surface area contributed by atoms with Crippen LogP contribution in [0.3, 0.4) is 0 Å². The molecule has 2 rings (SSSR count). The highest BCUT2D eigenvalue weighted by Gasteiger charge is 2.31. The van der Waals surface area contributed by atoms with E-state index in [0.717, 1.165) is 4.31 Å². The fourth-order valence-corrected chi connectivity index (χ4v) is 3.20. The van der Waals surface area contributed by atoms with E-state index in [9.17, 15) is 13.2 Å². The van der Waals surface area contributed by atoms with Gasteiger partial charge in [0.2, 0.25) is 0 Å². The number of anilines is 1. The van der Waals surface area contributed by atoms with Gasteiger partial charge in [-0.05, 0) is 13.0 Å². The Hall–Kier alpha value is -2.29. The molecule has 8 nitrogen and oxygen atoms in total. The number of fused-ring (bicyclic) bond motifs is 1. The van der Waals surface area contributed by atoms with Crippen molar-refractivity contribution in [2.24, 2.45) is 5.16 Å². The Kier molecular flexibility index (Phi) is 4.32. The molecule has 0 spiro atoms. The third-order valence-corrected chi connectivity index (χ3v) is 4.32. The second-order valence-electron chi connectivity index (χ2n) is 4.21. The van der Waals surface area contributed by atoms with Gasteiger partial charge >= 0.3 is 16.3 Å². The minimum atomic E-state index is -4.08. The molecule has 0 atom stereocenters. The zero-order chi connectivity index (χ0) is 15.5. The van der Waals surface area contributed by atoms with Crippen molar-refractivity contribution in [3.63, 3.8) is 0 Å². The molecule has 1 amide bonds. The third-order valence-electron chi connectivity index (χ3n) is 2.93. The zero-order valence-corrected chi connectivity index (χ0v) is 12.1. The molecule has 1 aromatic carbocycles.